The second-order valence-corrected chi connectivity index (χ2v) is 5.11. The summed E-state index contributed by atoms with van der Waals surface area (Å²) in [6, 6.07) is 5.48. The number of ether oxygens (including phenoxy) is 1. The molecular formula is C16H17N5O2. The van der Waals surface area contributed by atoms with E-state index in [1.807, 2.05) is 36.7 Å². The second-order valence-electron chi connectivity index (χ2n) is 5.11. The van der Waals surface area contributed by atoms with Gasteiger partial charge in [-0.05, 0) is 31.5 Å². The molecule has 3 aromatic rings. The fraction of sp³-hybridized carbons (Fsp3) is 0.250. The van der Waals surface area contributed by atoms with E-state index in [9.17, 15) is 4.79 Å². The Morgan fingerprint density at radius 1 is 1.30 bits per heavy atom. The fourth-order valence-corrected chi connectivity index (χ4v) is 2.31. The Morgan fingerprint density at radius 2 is 2.13 bits per heavy atom. The lowest BCUT2D eigenvalue weighted by Crippen LogP contribution is -2.14. The van der Waals surface area contributed by atoms with Crippen LogP contribution in [0, 0.1) is 6.92 Å². The van der Waals surface area contributed by atoms with E-state index >= 15 is 0 Å². The molecule has 1 N–H and O–H groups in total. The van der Waals surface area contributed by atoms with Crippen LogP contribution in [0.1, 0.15) is 18.2 Å². The largest absolute Gasteiger partial charge is 0.479 e. The molecule has 0 radical (unpaired) electrons. The van der Waals surface area contributed by atoms with Gasteiger partial charge < -0.3 is 9.30 Å². The van der Waals surface area contributed by atoms with Crippen molar-refractivity contribution >= 4 is 0 Å². The van der Waals surface area contributed by atoms with E-state index in [2.05, 4.69) is 20.2 Å². The highest BCUT2D eigenvalue weighted by molar-refractivity contribution is 5.58. The van der Waals surface area contributed by atoms with E-state index in [1.54, 1.807) is 19.5 Å². The summed E-state index contributed by atoms with van der Waals surface area (Å²) < 4.78 is 7.24. The van der Waals surface area contributed by atoms with Gasteiger partial charge in [0, 0.05) is 11.8 Å². The maximum Gasteiger partial charge on any atom is 0.267 e. The number of nitrogens with zero attached hydrogens (tertiary/aromatic N) is 4. The Hall–Kier alpha value is -2.96. The molecule has 3 heterocycles. The number of nitrogens with one attached hydrogen (secondary N) is 1. The number of imidazole rings is 1. The molecule has 23 heavy (non-hydrogen) atoms. The Labute approximate surface area is 133 Å². The number of hydrogen-bond donors (Lipinski definition) is 1. The number of H-pyrrole nitrogens is 1. The smallest absolute Gasteiger partial charge is 0.267 e. The van der Waals surface area contributed by atoms with Crippen molar-refractivity contribution in [2.45, 2.75) is 20.3 Å². The van der Waals surface area contributed by atoms with E-state index in [4.69, 9.17) is 4.74 Å². The highest BCUT2D eigenvalue weighted by atomic mass is 16.5. The summed E-state index contributed by atoms with van der Waals surface area (Å²) in [4.78, 5) is 20.3. The highest BCUT2D eigenvalue weighted by Crippen LogP contribution is 2.25. The summed E-state index contributed by atoms with van der Waals surface area (Å²) in [6.07, 6.45) is 4.24. The summed E-state index contributed by atoms with van der Waals surface area (Å²) in [7, 11) is 1.57. The molecule has 7 heteroatoms. The van der Waals surface area contributed by atoms with Gasteiger partial charge in [-0.15, -0.1) is 0 Å². The van der Waals surface area contributed by atoms with E-state index in [0.29, 0.717) is 29.3 Å². The van der Waals surface area contributed by atoms with Gasteiger partial charge in [0.05, 0.1) is 24.8 Å². The van der Waals surface area contributed by atoms with Crippen molar-refractivity contribution in [2.75, 3.05) is 7.11 Å². The quantitative estimate of drug-likeness (QED) is 0.795. The molecule has 0 aromatic carbocycles. The van der Waals surface area contributed by atoms with Crippen molar-refractivity contribution in [3.63, 3.8) is 0 Å². The highest BCUT2D eigenvalue weighted by Gasteiger charge is 2.12. The van der Waals surface area contributed by atoms with Crippen LogP contribution >= 0.6 is 0 Å². The topological polar surface area (TPSA) is 85.7 Å². The maximum absolute atomic E-state index is 11.6. The Kier molecular flexibility index (Phi) is 3.92. The van der Waals surface area contributed by atoms with Crippen LogP contribution in [0.2, 0.25) is 0 Å². The lowest BCUT2D eigenvalue weighted by Gasteiger charge is -2.10. The van der Waals surface area contributed by atoms with Gasteiger partial charge in [-0.1, -0.05) is 6.92 Å². The normalized spacial score (nSPS) is 10.7. The van der Waals surface area contributed by atoms with Crippen molar-refractivity contribution in [3.8, 4) is 23.0 Å². The first-order chi connectivity index (χ1) is 11.1. The molecule has 0 fully saturated rings. The number of pyridine rings is 1. The zero-order valence-electron chi connectivity index (χ0n) is 13.2. The van der Waals surface area contributed by atoms with Gasteiger partial charge in [-0.2, -0.15) is 5.10 Å². The third kappa shape index (κ3) is 2.85. The minimum Gasteiger partial charge on any atom is -0.479 e. The van der Waals surface area contributed by atoms with Crippen molar-refractivity contribution in [2.24, 2.45) is 0 Å². The lowest BCUT2D eigenvalue weighted by atomic mass is 10.1. The average Bonchev–Trinajstić information content (AvgIpc) is 3.01. The van der Waals surface area contributed by atoms with Crippen LogP contribution in [0.5, 0.6) is 5.88 Å². The fourth-order valence-electron chi connectivity index (χ4n) is 2.31. The molecule has 0 unspecified atom stereocenters. The van der Waals surface area contributed by atoms with Crippen LogP contribution in [-0.4, -0.2) is 31.8 Å². The van der Waals surface area contributed by atoms with E-state index in [0.717, 1.165) is 11.4 Å². The van der Waals surface area contributed by atoms with Gasteiger partial charge in [0.25, 0.3) is 5.56 Å². The van der Waals surface area contributed by atoms with Gasteiger partial charge in [-0.3, -0.25) is 4.79 Å². The molecular weight excluding hydrogens is 294 g/mol. The number of methoxy groups -OCH3 is 1. The van der Waals surface area contributed by atoms with Crippen molar-refractivity contribution in [1.82, 2.24) is 24.7 Å². The molecule has 0 aliphatic carbocycles. The Morgan fingerprint density at radius 3 is 2.78 bits per heavy atom. The van der Waals surface area contributed by atoms with Crippen molar-refractivity contribution in [1.29, 1.82) is 0 Å². The standard InChI is InChI=1S/C16H17N5O2/c1-4-11-7-13(19-20-15(11)22)12-5-6-14(16(18-12)23-3)21-8-10(2)17-9-21/h5-9H,4H2,1-3H3,(H,20,22). The zero-order chi connectivity index (χ0) is 16.4. The van der Waals surface area contributed by atoms with Crippen molar-refractivity contribution in [3.05, 3.63) is 52.3 Å². The SMILES string of the molecule is CCc1cc(-c2ccc(-n3cnc(C)c3)c(OC)n2)n[nH]c1=O. The lowest BCUT2D eigenvalue weighted by molar-refractivity contribution is 0.396. The minimum atomic E-state index is -0.172. The molecule has 0 amide bonds. The van der Waals surface area contributed by atoms with Gasteiger partial charge >= 0.3 is 0 Å². The molecule has 0 bridgehead atoms. The first kappa shape index (κ1) is 15.0. The Bertz CT molecular complexity index is 897. The number of aromatic amines is 1. The minimum absolute atomic E-state index is 0.172. The Balaban J connectivity index is 2.07. The number of hydrogen-bond acceptors (Lipinski definition) is 5. The van der Waals surface area contributed by atoms with Gasteiger partial charge in [0.2, 0.25) is 5.88 Å². The van der Waals surface area contributed by atoms with Gasteiger partial charge in [0.15, 0.2) is 0 Å². The van der Waals surface area contributed by atoms with E-state index in [-0.39, 0.29) is 5.56 Å². The molecule has 0 saturated carbocycles. The second kappa shape index (κ2) is 6.04. The number of aryl methyl sites for hydroxylation is 2. The predicted octanol–water partition coefficient (Wildman–Crippen LogP) is 1.90. The summed E-state index contributed by atoms with van der Waals surface area (Å²) in [5, 5.41) is 6.57. The van der Waals surface area contributed by atoms with Crippen LogP contribution in [0.4, 0.5) is 0 Å². The van der Waals surface area contributed by atoms with Crippen LogP contribution in [-0.2, 0) is 6.42 Å². The average molecular weight is 311 g/mol. The van der Waals surface area contributed by atoms with Crippen LogP contribution in [0.3, 0.4) is 0 Å². The third-order valence-electron chi connectivity index (χ3n) is 3.55. The van der Waals surface area contributed by atoms with Crippen molar-refractivity contribution < 1.29 is 4.74 Å². The summed E-state index contributed by atoms with van der Waals surface area (Å²) in [5.41, 5.74) is 3.43. The molecule has 0 aliphatic heterocycles. The first-order valence-electron chi connectivity index (χ1n) is 7.27. The number of aromatic nitrogens is 5. The van der Waals surface area contributed by atoms with E-state index < -0.39 is 0 Å². The zero-order valence-corrected chi connectivity index (χ0v) is 13.2. The molecule has 0 atom stereocenters. The summed E-state index contributed by atoms with van der Waals surface area (Å²) >= 11 is 0. The third-order valence-corrected chi connectivity index (χ3v) is 3.55. The van der Waals surface area contributed by atoms with Gasteiger partial charge in [0.1, 0.15) is 11.4 Å². The summed E-state index contributed by atoms with van der Waals surface area (Å²) in [5.74, 6) is 0.464. The monoisotopic (exact) mass is 311 g/mol. The molecule has 0 spiro atoms. The maximum atomic E-state index is 11.6. The molecule has 0 saturated heterocycles. The first-order valence-corrected chi connectivity index (χ1v) is 7.27. The van der Waals surface area contributed by atoms with Crippen LogP contribution in [0.15, 0.2) is 35.5 Å². The molecule has 118 valence electrons. The molecule has 3 rings (SSSR count). The van der Waals surface area contributed by atoms with E-state index in [1.165, 1.54) is 0 Å². The van der Waals surface area contributed by atoms with Crippen LogP contribution < -0.4 is 10.3 Å². The predicted molar refractivity (Wildman–Crippen MR) is 85.9 cm³/mol. The van der Waals surface area contributed by atoms with Gasteiger partial charge in [-0.25, -0.2) is 15.1 Å². The van der Waals surface area contributed by atoms with Crippen LogP contribution in [0.25, 0.3) is 17.1 Å². The molecule has 7 nitrogen and oxygen atoms in total. The number of rotatable bonds is 4. The molecule has 0 aliphatic rings. The molecule has 3 aromatic heterocycles. The summed E-state index contributed by atoms with van der Waals surface area (Å²) in [6.45, 7) is 3.84.